The summed E-state index contributed by atoms with van der Waals surface area (Å²) in [5, 5.41) is 6.10. The van der Waals surface area contributed by atoms with E-state index >= 15 is 0 Å². The third-order valence-electron chi connectivity index (χ3n) is 6.39. The summed E-state index contributed by atoms with van der Waals surface area (Å²) in [5.41, 5.74) is 1.27. The fourth-order valence-corrected chi connectivity index (χ4v) is 4.77. The summed E-state index contributed by atoms with van der Waals surface area (Å²) in [5.74, 6) is 1.13. The molecule has 2 saturated heterocycles. The Hall–Kier alpha value is -3.79. The molecule has 35 heavy (non-hydrogen) atoms. The lowest BCUT2D eigenvalue weighted by molar-refractivity contribution is -0.138. The average Bonchev–Trinajstić information content (AvgIpc) is 3.34. The number of anilines is 1. The van der Waals surface area contributed by atoms with Gasteiger partial charge in [0, 0.05) is 0 Å². The molecule has 0 aliphatic carbocycles. The zero-order valence-corrected chi connectivity index (χ0v) is 19.5. The molecule has 3 aliphatic heterocycles. The molecule has 10 nitrogen and oxygen atoms in total. The van der Waals surface area contributed by atoms with Crippen LogP contribution in [0.3, 0.4) is 0 Å². The van der Waals surface area contributed by atoms with Crippen molar-refractivity contribution in [2.75, 3.05) is 31.8 Å². The monoisotopic (exact) mass is 480 g/mol. The molecule has 2 unspecified atom stereocenters. The summed E-state index contributed by atoms with van der Waals surface area (Å²) in [7, 11) is 0. The lowest BCUT2D eigenvalue weighted by atomic mass is 9.93. The average molecular weight is 481 g/mol. The van der Waals surface area contributed by atoms with Crippen LogP contribution < -0.4 is 24.8 Å². The number of carbonyl (C=O) groups is 3. The van der Waals surface area contributed by atoms with Crippen molar-refractivity contribution >= 4 is 23.5 Å². The van der Waals surface area contributed by atoms with Gasteiger partial charge in [0.2, 0.25) is 18.6 Å². The van der Waals surface area contributed by atoms with Crippen LogP contribution in [-0.2, 0) is 16.1 Å². The third kappa shape index (κ3) is 4.61. The van der Waals surface area contributed by atoms with Crippen molar-refractivity contribution in [3.8, 4) is 17.2 Å². The number of rotatable bonds is 7. The van der Waals surface area contributed by atoms with Crippen LogP contribution in [0.25, 0.3) is 0 Å². The number of hydrogen-bond donors (Lipinski definition) is 2. The van der Waals surface area contributed by atoms with E-state index in [0.717, 1.165) is 12.0 Å². The Morgan fingerprint density at radius 2 is 2.00 bits per heavy atom. The minimum absolute atomic E-state index is 0.0739. The molecule has 0 aromatic heterocycles. The smallest absolute Gasteiger partial charge is 0.327 e. The van der Waals surface area contributed by atoms with Crippen molar-refractivity contribution in [2.24, 2.45) is 0 Å². The number of nitrogens with zero attached hydrogens (tertiary/aromatic N) is 2. The third-order valence-corrected chi connectivity index (χ3v) is 6.39. The van der Waals surface area contributed by atoms with Crippen LogP contribution in [0.15, 0.2) is 42.5 Å². The van der Waals surface area contributed by atoms with E-state index in [2.05, 4.69) is 10.6 Å². The minimum atomic E-state index is -0.557. The van der Waals surface area contributed by atoms with E-state index < -0.39 is 12.1 Å². The fraction of sp³-hybridized carbons (Fsp3) is 0.400. The topological polar surface area (TPSA) is 109 Å². The number of ether oxygens (including phenoxy) is 3. The van der Waals surface area contributed by atoms with Crippen LogP contribution >= 0.6 is 0 Å². The summed E-state index contributed by atoms with van der Waals surface area (Å²) >= 11 is 0. The molecule has 4 amide bonds. The van der Waals surface area contributed by atoms with E-state index in [9.17, 15) is 14.4 Å². The summed E-state index contributed by atoms with van der Waals surface area (Å²) in [6, 6.07) is 11.1. The van der Waals surface area contributed by atoms with Gasteiger partial charge in [-0.15, -0.1) is 0 Å². The zero-order valence-electron chi connectivity index (χ0n) is 19.5. The first kappa shape index (κ1) is 23.0. The molecule has 0 saturated carbocycles. The fourth-order valence-electron chi connectivity index (χ4n) is 4.77. The van der Waals surface area contributed by atoms with Crippen molar-refractivity contribution in [2.45, 2.75) is 38.4 Å². The first-order valence-corrected chi connectivity index (χ1v) is 11.8. The Kier molecular flexibility index (Phi) is 6.45. The van der Waals surface area contributed by atoms with Crippen LogP contribution in [0.2, 0.25) is 0 Å². The molecule has 0 bridgehead atoms. The highest BCUT2D eigenvalue weighted by Crippen LogP contribution is 2.34. The molecule has 2 aromatic rings. The largest absolute Gasteiger partial charge is 0.492 e. The Balaban J connectivity index is 1.35. The van der Waals surface area contributed by atoms with E-state index in [1.54, 1.807) is 36.4 Å². The summed E-state index contributed by atoms with van der Waals surface area (Å²) in [4.78, 5) is 42.5. The first-order valence-electron chi connectivity index (χ1n) is 11.8. The number of urea groups is 1. The number of piperidine rings is 1. The maximum atomic E-state index is 13.5. The number of para-hydroxylation sites is 2. The van der Waals surface area contributed by atoms with Gasteiger partial charge in [-0.25, -0.2) is 4.79 Å². The van der Waals surface area contributed by atoms with Crippen molar-refractivity contribution in [3.05, 3.63) is 48.0 Å². The molecule has 10 heteroatoms. The highest BCUT2D eigenvalue weighted by molar-refractivity contribution is 6.03. The van der Waals surface area contributed by atoms with Gasteiger partial charge in [0.25, 0.3) is 0 Å². The maximum Gasteiger partial charge on any atom is 0.327 e. The van der Waals surface area contributed by atoms with Crippen LogP contribution in [0.5, 0.6) is 17.2 Å². The zero-order chi connectivity index (χ0) is 24.4. The second-order valence-corrected chi connectivity index (χ2v) is 8.64. The Morgan fingerprint density at radius 3 is 2.86 bits per heavy atom. The van der Waals surface area contributed by atoms with Crippen molar-refractivity contribution in [1.29, 1.82) is 0 Å². The lowest BCUT2D eigenvalue weighted by Crippen LogP contribution is -2.70. The number of amides is 4. The predicted molar refractivity (Wildman–Crippen MR) is 126 cm³/mol. The van der Waals surface area contributed by atoms with Gasteiger partial charge in [-0.05, 0) is 56.1 Å². The Bertz CT molecular complexity index is 1140. The molecule has 3 aliphatic rings. The van der Waals surface area contributed by atoms with E-state index in [1.807, 2.05) is 13.0 Å². The molecular weight excluding hydrogens is 452 g/mol. The van der Waals surface area contributed by atoms with Gasteiger partial charge in [0.1, 0.15) is 18.3 Å². The highest BCUT2D eigenvalue weighted by atomic mass is 16.7. The van der Waals surface area contributed by atoms with E-state index in [4.69, 9.17) is 14.2 Å². The Labute approximate surface area is 203 Å². The lowest BCUT2D eigenvalue weighted by Gasteiger charge is -2.46. The molecule has 3 heterocycles. The van der Waals surface area contributed by atoms with Gasteiger partial charge in [-0.1, -0.05) is 18.2 Å². The number of hydrogen-bond acceptors (Lipinski definition) is 7. The number of carbonyl (C=O) groups excluding carboxylic acids is 3. The first-order chi connectivity index (χ1) is 17.0. The molecule has 2 fully saturated rings. The van der Waals surface area contributed by atoms with Crippen LogP contribution in [0, 0.1) is 0 Å². The molecule has 2 aromatic carbocycles. The molecule has 0 radical (unpaired) electrons. The summed E-state index contributed by atoms with van der Waals surface area (Å²) in [6.07, 6.45) is 1.46. The van der Waals surface area contributed by atoms with E-state index in [1.165, 1.54) is 9.80 Å². The number of benzene rings is 2. The minimum Gasteiger partial charge on any atom is -0.492 e. The molecule has 0 spiro atoms. The highest BCUT2D eigenvalue weighted by Gasteiger charge is 2.47. The second-order valence-electron chi connectivity index (χ2n) is 8.64. The van der Waals surface area contributed by atoms with Gasteiger partial charge in [-0.2, -0.15) is 0 Å². The van der Waals surface area contributed by atoms with E-state index in [-0.39, 0.29) is 37.7 Å². The van der Waals surface area contributed by atoms with Gasteiger partial charge in [0.05, 0.1) is 24.9 Å². The standard InChI is InChI=1S/C25H28N4O6/c1-2-33-19-8-4-3-6-17(19)27-22(30)14-28-18-7-5-11-26-23(18)24(31)29(25(28)32)13-16-9-10-20-21(12-16)35-15-34-20/h3-4,6,8-10,12,18,23,26H,2,5,7,11,13-15H2,1H3,(H,27,30). The van der Waals surface area contributed by atoms with Gasteiger partial charge in [-0.3, -0.25) is 14.5 Å². The maximum absolute atomic E-state index is 13.5. The van der Waals surface area contributed by atoms with Crippen LogP contribution in [0.4, 0.5) is 10.5 Å². The summed E-state index contributed by atoms with van der Waals surface area (Å²) in [6.45, 7) is 3.05. The summed E-state index contributed by atoms with van der Waals surface area (Å²) < 4.78 is 16.4. The number of imide groups is 1. The number of fused-ring (bicyclic) bond motifs is 2. The second kappa shape index (κ2) is 9.83. The SMILES string of the molecule is CCOc1ccccc1NC(=O)CN1C(=O)N(Cc2ccc3c(c2)OCO3)C(=O)C2NCCCC21. The molecule has 2 atom stereocenters. The normalized spacial score (nSPS) is 21.1. The van der Waals surface area contributed by atoms with E-state index in [0.29, 0.717) is 42.5 Å². The Morgan fingerprint density at radius 1 is 1.17 bits per heavy atom. The van der Waals surface area contributed by atoms with Crippen LogP contribution in [-0.4, -0.2) is 66.2 Å². The molecule has 2 N–H and O–H groups in total. The van der Waals surface area contributed by atoms with Crippen molar-refractivity contribution < 1.29 is 28.6 Å². The van der Waals surface area contributed by atoms with Crippen molar-refractivity contribution in [3.63, 3.8) is 0 Å². The quantitative estimate of drug-likeness (QED) is 0.626. The molecule has 5 rings (SSSR count). The van der Waals surface area contributed by atoms with Gasteiger partial charge in [0.15, 0.2) is 11.5 Å². The van der Waals surface area contributed by atoms with Gasteiger partial charge >= 0.3 is 6.03 Å². The van der Waals surface area contributed by atoms with Crippen LogP contribution in [0.1, 0.15) is 25.3 Å². The van der Waals surface area contributed by atoms with Crippen molar-refractivity contribution in [1.82, 2.24) is 15.1 Å². The number of nitrogens with one attached hydrogen (secondary N) is 2. The predicted octanol–water partition coefficient (Wildman–Crippen LogP) is 2.34. The van der Waals surface area contributed by atoms with Gasteiger partial charge < -0.3 is 29.7 Å². The molecular formula is C25H28N4O6. The molecule has 184 valence electrons.